The first kappa shape index (κ1) is 20.4. The number of hydrogen-bond acceptors (Lipinski definition) is 4. The molecule has 1 unspecified atom stereocenters. The molecule has 29 heavy (non-hydrogen) atoms. The number of carbonyl (C=O) groups is 1. The highest BCUT2D eigenvalue weighted by Crippen LogP contribution is 2.52. The van der Waals surface area contributed by atoms with Crippen molar-refractivity contribution in [3.8, 4) is 5.75 Å². The molecule has 158 valence electrons. The van der Waals surface area contributed by atoms with Gasteiger partial charge in [0, 0.05) is 17.5 Å². The highest BCUT2D eigenvalue weighted by molar-refractivity contribution is 5.84. The molecule has 0 heterocycles. The normalized spacial score (nSPS) is 28.7. The maximum atomic E-state index is 13.1. The molecule has 1 amide bonds. The molecule has 6 heteroatoms. The van der Waals surface area contributed by atoms with Crippen LogP contribution in [0.4, 0.5) is 4.39 Å². The van der Waals surface area contributed by atoms with Crippen LogP contribution in [0.3, 0.4) is 0 Å². The summed E-state index contributed by atoms with van der Waals surface area (Å²) >= 11 is 0. The van der Waals surface area contributed by atoms with Crippen LogP contribution in [0.25, 0.3) is 0 Å². The number of fused-ring (bicyclic) bond motifs is 3. The third kappa shape index (κ3) is 4.05. The van der Waals surface area contributed by atoms with Crippen LogP contribution in [0.1, 0.15) is 63.0 Å². The molecule has 0 saturated heterocycles. The molecule has 4 fully saturated rings. The second-order valence-corrected chi connectivity index (χ2v) is 9.10. The van der Waals surface area contributed by atoms with Gasteiger partial charge in [0.25, 0.3) is 0 Å². The molecule has 1 aromatic carbocycles. The highest BCUT2D eigenvalue weighted by Gasteiger charge is 2.54. The molecule has 0 aromatic heterocycles. The van der Waals surface area contributed by atoms with Crippen LogP contribution >= 0.6 is 0 Å². The lowest BCUT2D eigenvalue weighted by Gasteiger charge is -2.46. The minimum absolute atomic E-state index is 0.0951. The maximum Gasteiger partial charge on any atom is 0.226 e. The van der Waals surface area contributed by atoms with E-state index in [1.165, 1.54) is 0 Å². The van der Waals surface area contributed by atoms with E-state index in [2.05, 4.69) is 5.32 Å². The predicted octanol–water partition coefficient (Wildman–Crippen LogP) is 3.53. The highest BCUT2D eigenvalue weighted by atomic mass is 19.1. The van der Waals surface area contributed by atoms with Gasteiger partial charge in [-0.1, -0.05) is 12.1 Å². The van der Waals surface area contributed by atoms with Crippen molar-refractivity contribution in [3.05, 3.63) is 41.7 Å². The van der Waals surface area contributed by atoms with Gasteiger partial charge in [0.05, 0.1) is 11.9 Å². The third-order valence-electron chi connectivity index (χ3n) is 7.29. The third-order valence-corrected chi connectivity index (χ3v) is 7.29. The van der Waals surface area contributed by atoms with Crippen LogP contribution in [0.15, 0.2) is 36.2 Å². The van der Waals surface area contributed by atoms with Crippen LogP contribution in [0, 0.1) is 11.3 Å². The Balaban J connectivity index is 1.38. The molecule has 0 aliphatic heterocycles. The van der Waals surface area contributed by atoms with Crippen molar-refractivity contribution in [1.29, 1.82) is 0 Å². The number of ether oxygens (including phenoxy) is 1. The Morgan fingerprint density at radius 1 is 1.21 bits per heavy atom. The Morgan fingerprint density at radius 2 is 1.83 bits per heavy atom. The van der Waals surface area contributed by atoms with Crippen LogP contribution in [0.2, 0.25) is 0 Å². The van der Waals surface area contributed by atoms with Crippen molar-refractivity contribution in [2.24, 2.45) is 17.1 Å². The Hall–Kier alpha value is -1.92. The van der Waals surface area contributed by atoms with Gasteiger partial charge in [-0.25, -0.2) is 4.39 Å². The van der Waals surface area contributed by atoms with Gasteiger partial charge >= 0.3 is 0 Å². The van der Waals surface area contributed by atoms with Crippen molar-refractivity contribution in [1.82, 2.24) is 5.32 Å². The molecule has 2 bridgehead atoms. The summed E-state index contributed by atoms with van der Waals surface area (Å²) in [6, 6.07) is 7.11. The van der Waals surface area contributed by atoms with Gasteiger partial charge < -0.3 is 20.9 Å². The minimum atomic E-state index is -0.748. The summed E-state index contributed by atoms with van der Waals surface area (Å²) in [5.41, 5.74) is 5.79. The number of hydrogen-bond donors (Lipinski definition) is 3. The van der Waals surface area contributed by atoms with E-state index in [0.29, 0.717) is 17.7 Å². The number of aliphatic hydroxyl groups excluding tert-OH is 1. The van der Waals surface area contributed by atoms with E-state index in [1.807, 2.05) is 0 Å². The Morgan fingerprint density at radius 3 is 2.34 bits per heavy atom. The van der Waals surface area contributed by atoms with Gasteiger partial charge in [-0.3, -0.25) is 4.79 Å². The Labute approximate surface area is 171 Å². The largest absolute Gasteiger partial charge is 0.489 e. The van der Waals surface area contributed by atoms with Crippen molar-refractivity contribution >= 4 is 5.91 Å². The number of carbonyl (C=O) groups excluding carboxylic acids is 1. The van der Waals surface area contributed by atoms with E-state index < -0.39 is 11.6 Å². The zero-order chi connectivity index (χ0) is 20.5. The number of amides is 1. The fourth-order valence-electron chi connectivity index (χ4n) is 4.93. The number of aliphatic hydroxyl groups is 1. The average molecular weight is 403 g/mol. The van der Waals surface area contributed by atoms with E-state index >= 15 is 0 Å². The van der Waals surface area contributed by atoms with Crippen LogP contribution in [-0.2, 0) is 4.79 Å². The van der Waals surface area contributed by atoms with Gasteiger partial charge in [0.1, 0.15) is 18.5 Å². The monoisotopic (exact) mass is 402 g/mol. The van der Waals surface area contributed by atoms with Crippen LogP contribution < -0.4 is 15.8 Å². The summed E-state index contributed by atoms with van der Waals surface area (Å²) in [5.74, 6) is 1.53. The van der Waals surface area contributed by atoms with Gasteiger partial charge in [0.2, 0.25) is 5.91 Å². The SMILES string of the molecule is NC/C(=C\F)COc1ccc(C(O)C2(NC(=O)C34CCC(CC3)CC4)CC2)cc1. The first-order chi connectivity index (χ1) is 14.0. The van der Waals surface area contributed by atoms with Gasteiger partial charge in [0.15, 0.2) is 0 Å². The van der Waals surface area contributed by atoms with Gasteiger partial charge in [-0.05, 0) is 75.0 Å². The zero-order valence-corrected chi connectivity index (χ0v) is 16.8. The molecule has 4 saturated carbocycles. The fraction of sp³-hybridized carbons (Fsp3) is 0.609. The van der Waals surface area contributed by atoms with Crippen molar-refractivity contribution in [3.63, 3.8) is 0 Å². The first-order valence-corrected chi connectivity index (χ1v) is 10.7. The topological polar surface area (TPSA) is 84.6 Å². The zero-order valence-electron chi connectivity index (χ0n) is 16.8. The van der Waals surface area contributed by atoms with Crippen molar-refractivity contribution in [2.45, 2.75) is 63.0 Å². The van der Waals surface area contributed by atoms with Crippen molar-refractivity contribution in [2.75, 3.05) is 13.2 Å². The molecular weight excluding hydrogens is 371 g/mol. The smallest absolute Gasteiger partial charge is 0.226 e. The van der Waals surface area contributed by atoms with Crippen LogP contribution in [-0.4, -0.2) is 29.7 Å². The summed E-state index contributed by atoms with van der Waals surface area (Å²) in [6.45, 7) is 0.204. The van der Waals surface area contributed by atoms with Gasteiger partial charge in [-0.2, -0.15) is 0 Å². The summed E-state index contributed by atoms with van der Waals surface area (Å²) < 4.78 is 18.1. The second kappa shape index (κ2) is 8.07. The average Bonchev–Trinajstić information content (AvgIpc) is 3.56. The summed E-state index contributed by atoms with van der Waals surface area (Å²) in [4.78, 5) is 13.1. The number of benzene rings is 1. The predicted molar refractivity (Wildman–Crippen MR) is 109 cm³/mol. The molecule has 5 nitrogen and oxygen atoms in total. The summed E-state index contributed by atoms with van der Waals surface area (Å²) in [5, 5.41) is 14.2. The minimum Gasteiger partial charge on any atom is -0.489 e. The molecule has 5 rings (SSSR count). The standard InChI is InChI=1S/C23H31FN2O3/c24-13-17(14-25)15-29-19-3-1-18(2-4-19)20(27)23(11-12-23)26-21(28)22-8-5-16(6-9-22)7-10-22/h1-4,13,16,20,27H,5-12,14-15,25H2,(H,26,28)/b17-13+. The molecule has 4 aliphatic carbocycles. The molecule has 0 radical (unpaired) electrons. The molecular formula is C23H31FN2O3. The number of nitrogens with two attached hydrogens (primary N) is 1. The lowest BCUT2D eigenvalue weighted by Crippen LogP contribution is -2.52. The summed E-state index contributed by atoms with van der Waals surface area (Å²) in [6.07, 6.45) is 7.74. The number of nitrogens with one attached hydrogen (secondary N) is 1. The van der Waals surface area contributed by atoms with Crippen LogP contribution in [0.5, 0.6) is 5.75 Å². The fourth-order valence-corrected chi connectivity index (χ4v) is 4.93. The second-order valence-electron chi connectivity index (χ2n) is 9.10. The Bertz CT molecular complexity index is 751. The molecule has 1 aromatic rings. The lowest BCUT2D eigenvalue weighted by molar-refractivity contribution is -0.139. The number of rotatable bonds is 8. The van der Waals surface area contributed by atoms with E-state index in [9.17, 15) is 14.3 Å². The molecule has 4 N–H and O–H groups in total. The Kier molecular flexibility index (Phi) is 5.67. The van der Waals surface area contributed by atoms with E-state index in [4.69, 9.17) is 10.5 Å². The van der Waals surface area contributed by atoms with E-state index in [-0.39, 0.29) is 24.5 Å². The maximum absolute atomic E-state index is 13.1. The lowest BCUT2D eigenvalue weighted by atomic mass is 9.60. The van der Waals surface area contributed by atoms with E-state index in [0.717, 1.165) is 62.8 Å². The summed E-state index contributed by atoms with van der Waals surface area (Å²) in [7, 11) is 0. The van der Waals surface area contributed by atoms with Gasteiger partial charge in [-0.15, -0.1) is 0 Å². The molecule has 0 spiro atoms. The molecule has 4 aliphatic rings. The quantitative estimate of drug-likeness (QED) is 0.621. The molecule has 1 atom stereocenters. The van der Waals surface area contributed by atoms with E-state index in [1.54, 1.807) is 24.3 Å². The number of halogens is 1. The van der Waals surface area contributed by atoms with Crippen molar-refractivity contribution < 1.29 is 19.0 Å². The first-order valence-electron chi connectivity index (χ1n) is 10.7.